The number of carbonyl (C=O) groups excluding carboxylic acids is 2. The third kappa shape index (κ3) is 6.55. The van der Waals surface area contributed by atoms with Crippen LogP contribution in [0.25, 0.3) is 0 Å². The first-order chi connectivity index (χ1) is 18.7. The fourth-order valence-electron chi connectivity index (χ4n) is 6.57. The van der Waals surface area contributed by atoms with Gasteiger partial charge in [-0.2, -0.15) is 0 Å². The van der Waals surface area contributed by atoms with Crippen LogP contribution >= 0.6 is 0 Å². The maximum atomic E-state index is 13.5. The summed E-state index contributed by atoms with van der Waals surface area (Å²) in [6, 6.07) is 17.2. The monoisotopic (exact) mass is 551 g/mol. The van der Waals surface area contributed by atoms with E-state index in [4.69, 9.17) is 0 Å². The van der Waals surface area contributed by atoms with E-state index in [-0.39, 0.29) is 29.2 Å². The fourth-order valence-corrected chi connectivity index (χ4v) is 7.20. The van der Waals surface area contributed by atoms with Crippen molar-refractivity contribution in [2.45, 2.75) is 68.8 Å². The Morgan fingerprint density at radius 1 is 0.974 bits per heavy atom. The normalized spacial score (nSPS) is 20.9. The highest BCUT2D eigenvalue weighted by Crippen LogP contribution is 2.42. The molecule has 1 saturated carbocycles. The van der Waals surface area contributed by atoms with Gasteiger partial charge >= 0.3 is 0 Å². The van der Waals surface area contributed by atoms with Crippen LogP contribution in [-0.4, -0.2) is 62.5 Å². The first-order valence-corrected chi connectivity index (χ1v) is 16.3. The number of piperidine rings is 1. The molecule has 39 heavy (non-hydrogen) atoms. The maximum absolute atomic E-state index is 13.5. The minimum Gasteiger partial charge on any atom is -0.349 e. The zero-order valence-electron chi connectivity index (χ0n) is 23.0. The SMILES string of the molecule is CS(=O)(=O)c1ccc(CN2CCC3(CCN(CCC(NC(=O)C4CCCC4)c4ccccc4)CC3)C2=O)cc1. The molecule has 1 atom stereocenters. The predicted molar refractivity (Wildman–Crippen MR) is 152 cm³/mol. The molecule has 2 saturated heterocycles. The van der Waals surface area contributed by atoms with E-state index in [0.717, 1.165) is 88.7 Å². The van der Waals surface area contributed by atoms with E-state index in [1.807, 2.05) is 35.2 Å². The Hall–Kier alpha value is -2.71. The zero-order chi connectivity index (χ0) is 27.5. The van der Waals surface area contributed by atoms with Crippen LogP contribution in [0.2, 0.25) is 0 Å². The molecule has 2 aromatic rings. The molecule has 1 spiro atoms. The van der Waals surface area contributed by atoms with E-state index < -0.39 is 9.84 Å². The minimum absolute atomic E-state index is 0.00729. The van der Waals surface area contributed by atoms with Gasteiger partial charge in [0.05, 0.1) is 16.4 Å². The summed E-state index contributed by atoms with van der Waals surface area (Å²) in [5, 5.41) is 3.35. The van der Waals surface area contributed by atoms with Crippen molar-refractivity contribution in [2.24, 2.45) is 11.3 Å². The summed E-state index contributed by atoms with van der Waals surface area (Å²) in [5.41, 5.74) is 1.83. The molecule has 0 aromatic heterocycles. The second-order valence-corrected chi connectivity index (χ2v) is 13.8. The largest absolute Gasteiger partial charge is 0.349 e. The highest BCUT2D eigenvalue weighted by Gasteiger charge is 2.47. The van der Waals surface area contributed by atoms with Gasteiger partial charge in [-0.3, -0.25) is 9.59 Å². The molecule has 3 fully saturated rings. The Balaban J connectivity index is 1.14. The van der Waals surface area contributed by atoms with Crippen LogP contribution < -0.4 is 5.32 Å². The Morgan fingerprint density at radius 3 is 2.26 bits per heavy atom. The van der Waals surface area contributed by atoms with Crippen molar-refractivity contribution in [1.82, 2.24) is 15.1 Å². The molecule has 2 aromatic carbocycles. The number of likely N-dealkylation sites (tertiary alicyclic amines) is 2. The lowest BCUT2D eigenvalue weighted by atomic mass is 9.77. The number of benzene rings is 2. The molecule has 8 heteroatoms. The van der Waals surface area contributed by atoms with Crippen LogP contribution in [0.3, 0.4) is 0 Å². The molecule has 2 aliphatic heterocycles. The highest BCUT2D eigenvalue weighted by atomic mass is 32.2. The first-order valence-electron chi connectivity index (χ1n) is 14.4. The average Bonchev–Trinajstić information content (AvgIpc) is 3.58. The topological polar surface area (TPSA) is 86.8 Å². The molecule has 5 rings (SSSR count). The van der Waals surface area contributed by atoms with Gasteiger partial charge in [0.15, 0.2) is 9.84 Å². The summed E-state index contributed by atoms with van der Waals surface area (Å²) in [5.74, 6) is 0.585. The quantitative estimate of drug-likeness (QED) is 0.501. The molecule has 210 valence electrons. The van der Waals surface area contributed by atoms with Gasteiger partial charge in [0.2, 0.25) is 11.8 Å². The van der Waals surface area contributed by atoms with Crippen molar-refractivity contribution in [3.8, 4) is 0 Å². The van der Waals surface area contributed by atoms with Crippen molar-refractivity contribution < 1.29 is 18.0 Å². The number of amides is 2. The summed E-state index contributed by atoms with van der Waals surface area (Å²) >= 11 is 0. The lowest BCUT2D eigenvalue weighted by Gasteiger charge is -2.38. The highest BCUT2D eigenvalue weighted by molar-refractivity contribution is 7.90. The molecule has 7 nitrogen and oxygen atoms in total. The van der Waals surface area contributed by atoms with Crippen molar-refractivity contribution in [2.75, 3.05) is 32.4 Å². The number of nitrogens with zero attached hydrogens (tertiary/aromatic N) is 2. The van der Waals surface area contributed by atoms with Crippen LogP contribution in [-0.2, 0) is 26.0 Å². The van der Waals surface area contributed by atoms with Gasteiger partial charge in [0.1, 0.15) is 0 Å². The number of carbonyl (C=O) groups is 2. The van der Waals surface area contributed by atoms with Crippen molar-refractivity contribution >= 4 is 21.7 Å². The molecular formula is C31H41N3O4S. The van der Waals surface area contributed by atoms with Gasteiger partial charge in [-0.1, -0.05) is 55.3 Å². The summed E-state index contributed by atoms with van der Waals surface area (Å²) in [6.07, 6.45) is 8.96. The van der Waals surface area contributed by atoms with Gasteiger partial charge in [0.25, 0.3) is 0 Å². The van der Waals surface area contributed by atoms with Gasteiger partial charge in [-0.25, -0.2) is 8.42 Å². The second-order valence-electron chi connectivity index (χ2n) is 11.8. The molecule has 1 N–H and O–H groups in total. The number of sulfone groups is 1. The molecule has 2 heterocycles. The van der Waals surface area contributed by atoms with Gasteiger partial charge in [-0.05, 0) is 74.9 Å². The lowest BCUT2D eigenvalue weighted by molar-refractivity contribution is -0.139. The Kier molecular flexibility index (Phi) is 8.43. The van der Waals surface area contributed by atoms with E-state index >= 15 is 0 Å². The number of nitrogens with one attached hydrogen (secondary N) is 1. The third-order valence-corrected chi connectivity index (χ3v) is 10.2. The fraction of sp³-hybridized carbons (Fsp3) is 0.548. The molecule has 1 aliphatic carbocycles. The number of hydrogen-bond acceptors (Lipinski definition) is 5. The Labute approximate surface area is 232 Å². The smallest absolute Gasteiger partial charge is 0.229 e. The van der Waals surface area contributed by atoms with E-state index in [1.54, 1.807) is 12.1 Å². The van der Waals surface area contributed by atoms with Gasteiger partial charge < -0.3 is 15.1 Å². The van der Waals surface area contributed by atoms with E-state index in [9.17, 15) is 18.0 Å². The molecule has 2 amide bonds. The summed E-state index contributed by atoms with van der Waals surface area (Å²) in [4.78, 5) is 31.1. The number of hydrogen-bond donors (Lipinski definition) is 1. The summed E-state index contributed by atoms with van der Waals surface area (Å²) in [6.45, 7) is 3.94. The summed E-state index contributed by atoms with van der Waals surface area (Å²) in [7, 11) is -3.23. The molecule has 1 unspecified atom stereocenters. The van der Waals surface area contributed by atoms with Crippen molar-refractivity contribution in [3.05, 3.63) is 65.7 Å². The Bertz CT molecular complexity index is 1250. The maximum Gasteiger partial charge on any atom is 0.229 e. The van der Waals surface area contributed by atoms with Crippen LogP contribution in [0.15, 0.2) is 59.5 Å². The standard InChI is InChI=1S/C31H41N3O4S/c1-39(37,38)27-13-11-24(12-14-27)23-34-22-18-31(30(34)36)16-20-33(21-17-31)19-15-28(25-7-3-2-4-8-25)32-29(35)26-9-5-6-10-26/h2-4,7-8,11-14,26,28H,5-6,9-10,15-23H2,1H3,(H,32,35). The minimum atomic E-state index is -3.23. The van der Waals surface area contributed by atoms with E-state index in [0.29, 0.717) is 11.4 Å². The van der Waals surface area contributed by atoms with Gasteiger partial charge in [0, 0.05) is 31.8 Å². The lowest BCUT2D eigenvalue weighted by Crippen LogP contribution is -2.45. The van der Waals surface area contributed by atoms with Gasteiger partial charge in [-0.15, -0.1) is 0 Å². The first kappa shape index (κ1) is 27.8. The van der Waals surface area contributed by atoms with E-state index in [1.165, 1.54) is 6.26 Å². The zero-order valence-corrected chi connectivity index (χ0v) is 23.8. The average molecular weight is 552 g/mol. The van der Waals surface area contributed by atoms with Crippen LogP contribution in [0, 0.1) is 11.3 Å². The van der Waals surface area contributed by atoms with Crippen molar-refractivity contribution in [3.63, 3.8) is 0 Å². The Morgan fingerprint density at radius 2 is 1.62 bits per heavy atom. The van der Waals surface area contributed by atoms with Crippen LogP contribution in [0.5, 0.6) is 0 Å². The molecule has 0 bridgehead atoms. The predicted octanol–water partition coefficient (Wildman–Crippen LogP) is 4.34. The summed E-state index contributed by atoms with van der Waals surface area (Å²) < 4.78 is 23.5. The third-order valence-electron chi connectivity index (χ3n) is 9.12. The molecule has 3 aliphatic rings. The van der Waals surface area contributed by atoms with E-state index in [2.05, 4.69) is 22.3 Å². The molecular weight excluding hydrogens is 510 g/mol. The van der Waals surface area contributed by atoms with Crippen molar-refractivity contribution in [1.29, 1.82) is 0 Å². The second kappa shape index (κ2) is 11.8. The molecule has 0 radical (unpaired) electrons. The number of rotatable bonds is 9. The van der Waals surface area contributed by atoms with Crippen LogP contribution in [0.1, 0.15) is 68.5 Å². The van der Waals surface area contributed by atoms with Crippen LogP contribution in [0.4, 0.5) is 0 Å².